The van der Waals surface area contributed by atoms with Gasteiger partial charge in [-0.25, -0.2) is 0 Å². The number of rotatable bonds is 6. The Morgan fingerprint density at radius 3 is 1.44 bits per heavy atom. The van der Waals surface area contributed by atoms with Gasteiger partial charge in [-0.3, -0.25) is 0 Å². The van der Waals surface area contributed by atoms with Gasteiger partial charge in [0.1, 0.15) is 11.3 Å². The van der Waals surface area contributed by atoms with Crippen LogP contribution in [0.1, 0.15) is 44.5 Å². The number of nitrogens with zero attached hydrogens (tertiary/aromatic N) is 1. The SMILES string of the molecule is c1ccc(-c2ccc(N(c3ccc4c(c3)C(c3ccccc3)(c3ccccc3)c3ccccc3-4)c3cccc4c3C3(c5ccccc5-c5ccccc53)c3c-4oc4ccccc34)cc2)cc1. The zero-order chi connectivity index (χ0) is 43.4. The number of anilines is 3. The Bertz CT molecular complexity index is 3610. The lowest BCUT2D eigenvalue weighted by atomic mass is 9.67. The Kier molecular flexibility index (Phi) is 7.85. The van der Waals surface area contributed by atoms with Crippen molar-refractivity contribution in [1.29, 1.82) is 0 Å². The molecule has 0 bridgehead atoms. The molecule has 66 heavy (non-hydrogen) atoms. The van der Waals surface area contributed by atoms with Crippen LogP contribution in [0.5, 0.6) is 0 Å². The molecule has 0 saturated heterocycles. The fraction of sp³-hybridized carbons (Fsp3) is 0.0312. The number of para-hydroxylation sites is 1. The summed E-state index contributed by atoms with van der Waals surface area (Å²) in [5, 5.41) is 1.14. The molecule has 3 aliphatic rings. The van der Waals surface area contributed by atoms with Crippen molar-refractivity contribution in [2.45, 2.75) is 10.8 Å². The average Bonchev–Trinajstić information content (AvgIpc) is 4.10. The lowest BCUT2D eigenvalue weighted by Gasteiger charge is -2.37. The largest absolute Gasteiger partial charge is 0.456 e. The smallest absolute Gasteiger partial charge is 0.140 e. The molecule has 1 heterocycles. The molecular formula is C64H41NO. The summed E-state index contributed by atoms with van der Waals surface area (Å²) in [6, 6.07) is 91.8. The van der Waals surface area contributed by atoms with Crippen molar-refractivity contribution in [1.82, 2.24) is 0 Å². The molecule has 10 aromatic carbocycles. The zero-order valence-electron chi connectivity index (χ0n) is 36.0. The van der Waals surface area contributed by atoms with Crippen LogP contribution in [0.15, 0.2) is 253 Å². The van der Waals surface area contributed by atoms with Crippen molar-refractivity contribution in [3.05, 3.63) is 293 Å². The first kappa shape index (κ1) is 37.0. The summed E-state index contributed by atoms with van der Waals surface area (Å²) in [7, 11) is 0. The Labute approximate surface area is 384 Å². The summed E-state index contributed by atoms with van der Waals surface area (Å²) >= 11 is 0. The third-order valence-electron chi connectivity index (χ3n) is 14.8. The Balaban J connectivity index is 1.09. The van der Waals surface area contributed by atoms with Gasteiger partial charge in [-0.15, -0.1) is 0 Å². The van der Waals surface area contributed by atoms with Gasteiger partial charge in [0.25, 0.3) is 0 Å². The summed E-state index contributed by atoms with van der Waals surface area (Å²) < 4.78 is 7.07. The van der Waals surface area contributed by atoms with Gasteiger partial charge in [0.15, 0.2) is 0 Å². The van der Waals surface area contributed by atoms with Gasteiger partial charge in [0.05, 0.1) is 16.5 Å². The molecule has 2 heteroatoms. The highest BCUT2D eigenvalue weighted by Crippen LogP contribution is 2.67. The van der Waals surface area contributed by atoms with E-state index in [1.807, 2.05) is 0 Å². The lowest BCUT2D eigenvalue weighted by Crippen LogP contribution is -2.29. The van der Waals surface area contributed by atoms with Crippen LogP contribution in [0, 0.1) is 0 Å². The van der Waals surface area contributed by atoms with Gasteiger partial charge in [0, 0.05) is 33.5 Å². The topological polar surface area (TPSA) is 16.4 Å². The third kappa shape index (κ3) is 4.85. The van der Waals surface area contributed by atoms with Crippen LogP contribution in [0.3, 0.4) is 0 Å². The number of furan rings is 1. The van der Waals surface area contributed by atoms with E-state index in [9.17, 15) is 0 Å². The fourth-order valence-electron chi connectivity index (χ4n) is 12.2. The number of hydrogen-bond donors (Lipinski definition) is 0. The lowest BCUT2D eigenvalue weighted by molar-refractivity contribution is 0.628. The van der Waals surface area contributed by atoms with E-state index < -0.39 is 10.8 Å². The standard InChI is InChI=1S/C64H41NO/c1-4-19-42(20-5-1)43-35-37-46(38-36-43)65(47-39-40-51-50-27-10-14-30-54(50)63(57(51)41-47,44-21-6-2-7-22-44)45-23-8-3-9-24-45)58-33-18-29-53-60(58)64(61-52-28-13-17-34-59(52)66-62(53)61)55-31-15-11-25-48(55)49-26-12-16-32-56(49)64/h1-41H. The minimum Gasteiger partial charge on any atom is -0.456 e. The minimum atomic E-state index is -0.659. The molecule has 0 saturated carbocycles. The van der Waals surface area contributed by atoms with Crippen molar-refractivity contribution in [3.63, 3.8) is 0 Å². The Hall–Kier alpha value is -8.46. The molecule has 11 aromatic rings. The highest BCUT2D eigenvalue weighted by molar-refractivity contribution is 6.05. The van der Waals surface area contributed by atoms with Crippen molar-refractivity contribution < 1.29 is 4.42 Å². The first-order chi connectivity index (χ1) is 32.8. The Morgan fingerprint density at radius 1 is 0.318 bits per heavy atom. The van der Waals surface area contributed by atoms with Gasteiger partial charge in [0.2, 0.25) is 0 Å². The Morgan fingerprint density at radius 2 is 0.803 bits per heavy atom. The molecule has 14 rings (SSSR count). The molecule has 0 unspecified atom stereocenters. The molecule has 0 radical (unpaired) electrons. The number of hydrogen-bond acceptors (Lipinski definition) is 2. The highest BCUT2D eigenvalue weighted by atomic mass is 16.3. The first-order valence-electron chi connectivity index (χ1n) is 22.9. The molecule has 0 N–H and O–H groups in total. The van der Waals surface area contributed by atoms with Crippen molar-refractivity contribution in [2.75, 3.05) is 4.90 Å². The van der Waals surface area contributed by atoms with Crippen molar-refractivity contribution in [3.8, 4) is 44.7 Å². The minimum absolute atomic E-state index is 0.559. The fourth-order valence-corrected chi connectivity index (χ4v) is 12.2. The molecule has 0 amide bonds. The van der Waals surface area contributed by atoms with Crippen LogP contribution < -0.4 is 4.90 Å². The van der Waals surface area contributed by atoms with Crippen LogP contribution in [-0.4, -0.2) is 0 Å². The van der Waals surface area contributed by atoms with E-state index in [4.69, 9.17) is 4.42 Å². The van der Waals surface area contributed by atoms with Gasteiger partial charge in [-0.05, 0) is 103 Å². The predicted molar refractivity (Wildman–Crippen MR) is 270 cm³/mol. The van der Waals surface area contributed by atoms with Crippen LogP contribution in [-0.2, 0) is 10.8 Å². The van der Waals surface area contributed by atoms with E-state index >= 15 is 0 Å². The summed E-state index contributed by atoms with van der Waals surface area (Å²) in [5.74, 6) is 0.940. The molecule has 0 fully saturated rings. The summed E-state index contributed by atoms with van der Waals surface area (Å²) in [5.41, 5.74) is 21.5. The van der Waals surface area contributed by atoms with Crippen LogP contribution >= 0.6 is 0 Å². The average molecular weight is 840 g/mol. The second-order valence-corrected chi connectivity index (χ2v) is 17.8. The second-order valence-electron chi connectivity index (χ2n) is 17.8. The van der Waals surface area contributed by atoms with Gasteiger partial charge in [-0.1, -0.05) is 212 Å². The molecule has 308 valence electrons. The monoisotopic (exact) mass is 839 g/mol. The van der Waals surface area contributed by atoms with Crippen molar-refractivity contribution in [2.24, 2.45) is 0 Å². The molecule has 2 nitrogen and oxygen atoms in total. The molecule has 1 spiro atoms. The molecule has 0 aliphatic heterocycles. The second kappa shape index (κ2) is 14.0. The summed E-state index contributed by atoms with van der Waals surface area (Å²) in [6.07, 6.45) is 0. The summed E-state index contributed by atoms with van der Waals surface area (Å²) in [4.78, 5) is 2.52. The van der Waals surface area contributed by atoms with E-state index in [0.29, 0.717) is 0 Å². The number of fused-ring (bicyclic) bond motifs is 15. The van der Waals surface area contributed by atoms with E-state index in [1.165, 1.54) is 77.9 Å². The normalized spacial score (nSPS) is 14.0. The van der Waals surface area contributed by atoms with Crippen LogP contribution in [0.25, 0.3) is 55.7 Å². The summed E-state index contributed by atoms with van der Waals surface area (Å²) in [6.45, 7) is 0. The zero-order valence-corrected chi connectivity index (χ0v) is 36.0. The molecular weight excluding hydrogens is 799 g/mol. The van der Waals surface area contributed by atoms with E-state index in [1.54, 1.807) is 0 Å². The van der Waals surface area contributed by atoms with E-state index in [-0.39, 0.29) is 0 Å². The van der Waals surface area contributed by atoms with Gasteiger partial charge >= 0.3 is 0 Å². The van der Waals surface area contributed by atoms with Gasteiger partial charge < -0.3 is 9.32 Å². The highest BCUT2D eigenvalue weighted by Gasteiger charge is 2.56. The van der Waals surface area contributed by atoms with Crippen LogP contribution in [0.4, 0.5) is 17.1 Å². The number of benzene rings is 10. The maximum atomic E-state index is 7.07. The maximum absolute atomic E-state index is 7.07. The van der Waals surface area contributed by atoms with Crippen LogP contribution in [0.2, 0.25) is 0 Å². The quantitative estimate of drug-likeness (QED) is 0.166. The molecule has 0 atom stereocenters. The van der Waals surface area contributed by atoms with Gasteiger partial charge in [-0.2, -0.15) is 0 Å². The third-order valence-corrected chi connectivity index (χ3v) is 14.8. The van der Waals surface area contributed by atoms with Crippen molar-refractivity contribution >= 4 is 28.0 Å². The molecule has 3 aliphatic carbocycles. The predicted octanol–water partition coefficient (Wildman–Crippen LogP) is 16.3. The van der Waals surface area contributed by atoms with E-state index in [2.05, 4.69) is 254 Å². The maximum Gasteiger partial charge on any atom is 0.140 e. The molecule has 1 aromatic heterocycles. The van der Waals surface area contributed by atoms with E-state index in [0.717, 1.165) is 39.4 Å². The first-order valence-corrected chi connectivity index (χ1v) is 22.9.